The molecule has 2 aromatic rings. The number of aliphatic hydroxyl groups is 2. The van der Waals surface area contributed by atoms with E-state index >= 15 is 0 Å². The van der Waals surface area contributed by atoms with Crippen molar-refractivity contribution in [2.75, 3.05) is 42.6 Å². The molecule has 3 amide bonds. The van der Waals surface area contributed by atoms with Crippen molar-refractivity contribution in [3.8, 4) is 0 Å². The van der Waals surface area contributed by atoms with Crippen LogP contribution in [0.25, 0.3) is 0 Å². The Balaban J connectivity index is 1.36. The van der Waals surface area contributed by atoms with Crippen LogP contribution in [-0.4, -0.2) is 71.7 Å². The second-order valence-electron chi connectivity index (χ2n) is 10.7. The maximum absolute atomic E-state index is 13.9. The van der Waals surface area contributed by atoms with Gasteiger partial charge in [-0.3, -0.25) is 14.4 Å². The molecule has 3 aliphatic heterocycles. The number of benzene rings is 2. The van der Waals surface area contributed by atoms with Gasteiger partial charge in [0.25, 0.3) is 5.91 Å². The molecule has 10 heteroatoms. The molecular weight excluding hydrogens is 576 g/mol. The molecule has 0 bridgehead atoms. The standard InChI is InChI=1S/C30H35BrN4O5/c1-20(5-2-9-27(37)33-13-4-8-24(33)19-36)30(40)25-16-22(31)10-11-26(25)35(29(30)39)18-21-6-3-7-23(15-21)34-14-12-32-17-28(34)38/h2-3,5-7,10-11,15-16,20,24,32,36,40H,4,8-9,12-14,17-19H2,1H3/b5-2+/t20-,24-,30+/m0/s1. The molecule has 2 saturated heterocycles. The Morgan fingerprint density at radius 3 is 2.83 bits per heavy atom. The molecule has 0 radical (unpaired) electrons. The predicted octanol–water partition coefficient (Wildman–Crippen LogP) is 2.69. The Morgan fingerprint density at radius 1 is 1.23 bits per heavy atom. The van der Waals surface area contributed by atoms with Crippen LogP contribution < -0.4 is 15.1 Å². The normalized spacial score (nSPS) is 23.8. The van der Waals surface area contributed by atoms with Gasteiger partial charge in [-0.2, -0.15) is 0 Å². The summed E-state index contributed by atoms with van der Waals surface area (Å²) in [6.45, 7) is 4.18. The molecule has 5 rings (SSSR count). The first-order chi connectivity index (χ1) is 19.2. The third kappa shape index (κ3) is 5.33. The number of nitrogens with zero attached hydrogens (tertiary/aromatic N) is 3. The van der Waals surface area contributed by atoms with Crippen LogP contribution in [0.4, 0.5) is 11.4 Å². The van der Waals surface area contributed by atoms with Gasteiger partial charge in [-0.15, -0.1) is 0 Å². The number of hydrogen-bond acceptors (Lipinski definition) is 6. The molecule has 2 fully saturated rings. The smallest absolute Gasteiger partial charge is 0.264 e. The quantitative estimate of drug-likeness (QED) is 0.396. The fraction of sp³-hybridized carbons (Fsp3) is 0.433. The minimum absolute atomic E-state index is 0.000858. The summed E-state index contributed by atoms with van der Waals surface area (Å²) in [5.41, 5.74) is 0.936. The Labute approximate surface area is 242 Å². The summed E-state index contributed by atoms with van der Waals surface area (Å²) >= 11 is 3.48. The highest BCUT2D eigenvalue weighted by molar-refractivity contribution is 9.10. The second-order valence-corrected chi connectivity index (χ2v) is 11.6. The van der Waals surface area contributed by atoms with Gasteiger partial charge in [-0.05, 0) is 48.7 Å². The zero-order chi connectivity index (χ0) is 28.4. The lowest BCUT2D eigenvalue weighted by atomic mass is 9.83. The number of amides is 3. The zero-order valence-corrected chi connectivity index (χ0v) is 24.1. The van der Waals surface area contributed by atoms with Crippen molar-refractivity contribution < 1.29 is 24.6 Å². The molecule has 3 heterocycles. The van der Waals surface area contributed by atoms with E-state index in [0.717, 1.165) is 28.6 Å². The maximum atomic E-state index is 13.9. The third-order valence-electron chi connectivity index (χ3n) is 8.17. The topological polar surface area (TPSA) is 113 Å². The molecule has 212 valence electrons. The van der Waals surface area contributed by atoms with Gasteiger partial charge in [0, 0.05) is 47.7 Å². The average Bonchev–Trinajstić information content (AvgIpc) is 3.51. The zero-order valence-electron chi connectivity index (χ0n) is 22.6. The van der Waals surface area contributed by atoms with Gasteiger partial charge in [0.2, 0.25) is 11.8 Å². The van der Waals surface area contributed by atoms with Gasteiger partial charge in [-0.25, -0.2) is 0 Å². The number of rotatable bonds is 8. The first-order valence-corrected chi connectivity index (χ1v) is 14.5. The molecule has 40 heavy (non-hydrogen) atoms. The van der Waals surface area contributed by atoms with Crippen LogP contribution in [-0.2, 0) is 26.5 Å². The number of hydrogen-bond donors (Lipinski definition) is 3. The maximum Gasteiger partial charge on any atom is 0.264 e. The monoisotopic (exact) mass is 610 g/mol. The predicted molar refractivity (Wildman–Crippen MR) is 156 cm³/mol. The van der Waals surface area contributed by atoms with Crippen LogP contribution in [0.1, 0.15) is 37.3 Å². The molecule has 0 aliphatic carbocycles. The first kappa shape index (κ1) is 28.5. The summed E-state index contributed by atoms with van der Waals surface area (Å²) in [5.74, 6) is -1.12. The molecule has 3 atom stereocenters. The lowest BCUT2D eigenvalue weighted by molar-refractivity contribution is -0.139. The number of likely N-dealkylation sites (tertiary alicyclic amines) is 1. The van der Waals surface area contributed by atoms with E-state index in [0.29, 0.717) is 37.4 Å². The molecule has 0 spiro atoms. The van der Waals surface area contributed by atoms with Gasteiger partial charge in [0.05, 0.1) is 31.4 Å². The van der Waals surface area contributed by atoms with E-state index in [9.17, 15) is 24.6 Å². The largest absolute Gasteiger partial charge is 0.394 e. The number of anilines is 2. The summed E-state index contributed by atoms with van der Waals surface area (Å²) in [5, 5.41) is 24.6. The van der Waals surface area contributed by atoms with Crippen LogP contribution in [0, 0.1) is 5.92 Å². The molecule has 3 aliphatic rings. The van der Waals surface area contributed by atoms with E-state index in [4.69, 9.17) is 0 Å². The van der Waals surface area contributed by atoms with Crippen molar-refractivity contribution in [3.05, 3.63) is 70.2 Å². The minimum atomic E-state index is -1.81. The molecule has 2 aromatic carbocycles. The third-order valence-corrected chi connectivity index (χ3v) is 8.66. The fourth-order valence-electron chi connectivity index (χ4n) is 5.94. The summed E-state index contributed by atoms with van der Waals surface area (Å²) in [6.07, 6.45) is 5.25. The van der Waals surface area contributed by atoms with Crippen molar-refractivity contribution in [2.45, 2.75) is 44.4 Å². The average molecular weight is 612 g/mol. The van der Waals surface area contributed by atoms with E-state index in [-0.39, 0.29) is 37.4 Å². The SMILES string of the molecule is C[C@@H](/C=C/CC(=O)N1CCC[C@H]1CO)[C@]1(O)C(=O)N(Cc2cccc(N3CCNCC3=O)c2)c2ccc(Br)cc21. The molecule has 0 saturated carbocycles. The van der Waals surface area contributed by atoms with Gasteiger partial charge < -0.3 is 30.2 Å². The van der Waals surface area contributed by atoms with Crippen LogP contribution in [0.3, 0.4) is 0 Å². The molecule has 3 N–H and O–H groups in total. The number of carbonyl (C=O) groups is 3. The van der Waals surface area contributed by atoms with Crippen molar-refractivity contribution in [2.24, 2.45) is 5.92 Å². The van der Waals surface area contributed by atoms with E-state index < -0.39 is 17.4 Å². The lowest BCUT2D eigenvalue weighted by Crippen LogP contribution is -2.48. The summed E-state index contributed by atoms with van der Waals surface area (Å²) in [4.78, 5) is 44.1. The highest BCUT2D eigenvalue weighted by Gasteiger charge is 2.52. The van der Waals surface area contributed by atoms with Crippen LogP contribution in [0.2, 0.25) is 0 Å². The fourth-order valence-corrected chi connectivity index (χ4v) is 6.31. The van der Waals surface area contributed by atoms with Gasteiger partial charge >= 0.3 is 0 Å². The number of fused-ring (bicyclic) bond motifs is 1. The number of halogens is 1. The van der Waals surface area contributed by atoms with E-state index in [1.165, 1.54) is 0 Å². The van der Waals surface area contributed by atoms with E-state index in [2.05, 4.69) is 21.2 Å². The van der Waals surface area contributed by atoms with Crippen LogP contribution in [0.5, 0.6) is 0 Å². The van der Waals surface area contributed by atoms with Gasteiger partial charge in [0.1, 0.15) is 0 Å². The Bertz CT molecular complexity index is 1330. The minimum Gasteiger partial charge on any atom is -0.394 e. The summed E-state index contributed by atoms with van der Waals surface area (Å²) < 4.78 is 0.744. The van der Waals surface area contributed by atoms with Crippen molar-refractivity contribution in [3.63, 3.8) is 0 Å². The second kappa shape index (κ2) is 11.8. The Hall–Kier alpha value is -3.05. The van der Waals surface area contributed by atoms with Crippen molar-refractivity contribution in [1.29, 1.82) is 0 Å². The number of nitrogens with one attached hydrogen (secondary N) is 1. The van der Waals surface area contributed by atoms with E-state index in [1.807, 2.05) is 36.4 Å². The summed E-state index contributed by atoms with van der Waals surface area (Å²) in [7, 11) is 0. The number of aliphatic hydroxyl groups excluding tert-OH is 1. The molecule has 0 aromatic heterocycles. The summed E-state index contributed by atoms with van der Waals surface area (Å²) in [6, 6.07) is 12.9. The van der Waals surface area contributed by atoms with Crippen LogP contribution in [0.15, 0.2) is 59.1 Å². The van der Waals surface area contributed by atoms with Crippen LogP contribution >= 0.6 is 15.9 Å². The lowest BCUT2D eigenvalue weighted by Gasteiger charge is -2.29. The molecule has 9 nitrogen and oxygen atoms in total. The highest BCUT2D eigenvalue weighted by atomic mass is 79.9. The van der Waals surface area contributed by atoms with Crippen molar-refractivity contribution >= 4 is 45.0 Å². The van der Waals surface area contributed by atoms with E-state index in [1.54, 1.807) is 39.8 Å². The van der Waals surface area contributed by atoms with Gasteiger partial charge in [-0.1, -0.05) is 47.1 Å². The first-order valence-electron chi connectivity index (χ1n) is 13.8. The highest BCUT2D eigenvalue weighted by Crippen LogP contribution is 2.46. The Kier molecular flexibility index (Phi) is 8.42. The molecular formula is C30H35BrN4O5. The van der Waals surface area contributed by atoms with Gasteiger partial charge in [0.15, 0.2) is 5.60 Å². The Morgan fingerprint density at radius 2 is 2.05 bits per heavy atom. The number of carbonyl (C=O) groups excluding carboxylic acids is 3. The number of piperazine rings is 1. The molecule has 0 unspecified atom stereocenters. The van der Waals surface area contributed by atoms with Crippen molar-refractivity contribution in [1.82, 2.24) is 10.2 Å².